The molecule has 0 heterocycles. The van der Waals surface area contributed by atoms with Crippen LogP contribution in [0.1, 0.15) is 16.0 Å². The summed E-state index contributed by atoms with van der Waals surface area (Å²) in [5.74, 6) is 0.613. The maximum atomic E-state index is 13.9. The number of hydrogen-bond acceptors (Lipinski definition) is 1. The summed E-state index contributed by atoms with van der Waals surface area (Å²) >= 11 is 3.73. The van der Waals surface area contributed by atoms with Crippen LogP contribution in [0, 0.1) is 5.82 Å². The van der Waals surface area contributed by atoms with Gasteiger partial charge >= 0.3 is 0 Å². The fraction of sp³-hybridized carbons (Fsp3) is 0.111. The smallest absolute Gasteiger partial charge is 0.131 e. The summed E-state index contributed by atoms with van der Waals surface area (Å²) in [5.41, 5.74) is 2.05. The number of ether oxygens (including phenoxy) is 1. The van der Waals surface area contributed by atoms with Gasteiger partial charge in [-0.3, -0.25) is 0 Å². The normalized spacial score (nSPS) is 12.3. The summed E-state index contributed by atoms with van der Waals surface area (Å²) in [4.78, 5) is -0.0563. The Labute approximate surface area is 131 Å². The van der Waals surface area contributed by atoms with E-state index in [2.05, 4.69) is 15.9 Å². The van der Waals surface area contributed by atoms with E-state index in [4.69, 9.17) is 4.74 Å². The Morgan fingerprint density at radius 3 is 2.29 bits per heavy atom. The molecular weight excluding hydrogens is 331 g/mol. The number of hydrogen-bond donors (Lipinski definition) is 0. The fourth-order valence-electron chi connectivity index (χ4n) is 2.55. The Kier molecular flexibility index (Phi) is 3.93. The van der Waals surface area contributed by atoms with E-state index in [0.29, 0.717) is 5.39 Å². The molecule has 0 fully saturated rings. The van der Waals surface area contributed by atoms with Crippen molar-refractivity contribution < 1.29 is 9.13 Å². The van der Waals surface area contributed by atoms with E-state index in [0.717, 1.165) is 22.3 Å². The quantitative estimate of drug-likeness (QED) is 0.572. The van der Waals surface area contributed by atoms with E-state index < -0.39 is 0 Å². The first-order valence-electron chi connectivity index (χ1n) is 6.66. The number of benzene rings is 3. The monoisotopic (exact) mass is 344 g/mol. The highest BCUT2D eigenvalue weighted by molar-refractivity contribution is 9.09. The number of alkyl halides is 1. The Bertz CT molecular complexity index is 785. The number of halogens is 2. The zero-order valence-corrected chi connectivity index (χ0v) is 13.1. The molecule has 0 spiro atoms. The van der Waals surface area contributed by atoms with Gasteiger partial charge in [-0.05, 0) is 23.1 Å². The SMILES string of the molecule is COc1ccccc1C(Br)c1ccc(F)c2ccccc12. The number of para-hydroxylation sites is 1. The molecule has 0 amide bonds. The third kappa shape index (κ3) is 2.54. The zero-order chi connectivity index (χ0) is 14.8. The molecule has 3 rings (SSSR count). The van der Waals surface area contributed by atoms with Crippen LogP contribution < -0.4 is 4.74 Å². The zero-order valence-electron chi connectivity index (χ0n) is 11.5. The molecule has 1 unspecified atom stereocenters. The standard InChI is InChI=1S/C18H14BrFO/c1-21-17-9-5-4-8-15(17)18(19)14-10-11-16(20)13-7-3-2-6-12(13)14/h2-11,18H,1H3. The molecule has 0 bridgehead atoms. The summed E-state index contributed by atoms with van der Waals surface area (Å²) < 4.78 is 19.4. The lowest BCUT2D eigenvalue weighted by Crippen LogP contribution is -1.98. The minimum absolute atomic E-state index is 0.0563. The molecule has 0 saturated carbocycles. The molecular formula is C18H14BrFO. The lowest BCUT2D eigenvalue weighted by Gasteiger charge is -2.16. The number of methoxy groups -OCH3 is 1. The summed E-state index contributed by atoms with van der Waals surface area (Å²) in [7, 11) is 1.65. The third-order valence-electron chi connectivity index (χ3n) is 3.59. The maximum Gasteiger partial charge on any atom is 0.131 e. The van der Waals surface area contributed by atoms with E-state index >= 15 is 0 Å². The topological polar surface area (TPSA) is 9.23 Å². The Hall–Kier alpha value is -1.87. The lowest BCUT2D eigenvalue weighted by molar-refractivity contribution is 0.410. The highest BCUT2D eigenvalue weighted by atomic mass is 79.9. The van der Waals surface area contributed by atoms with Gasteiger partial charge in [0.05, 0.1) is 11.9 Å². The second kappa shape index (κ2) is 5.86. The molecule has 0 aliphatic heterocycles. The van der Waals surface area contributed by atoms with Crippen molar-refractivity contribution >= 4 is 26.7 Å². The van der Waals surface area contributed by atoms with Crippen LogP contribution in [0.2, 0.25) is 0 Å². The van der Waals surface area contributed by atoms with E-state index in [1.807, 2.05) is 48.5 Å². The predicted octanol–water partition coefficient (Wildman–Crippen LogP) is 5.47. The third-order valence-corrected chi connectivity index (χ3v) is 4.58. The highest BCUT2D eigenvalue weighted by Gasteiger charge is 2.18. The van der Waals surface area contributed by atoms with Crippen molar-refractivity contribution in [2.24, 2.45) is 0 Å². The second-order valence-electron chi connectivity index (χ2n) is 4.79. The Morgan fingerprint density at radius 2 is 1.52 bits per heavy atom. The van der Waals surface area contributed by atoms with Crippen LogP contribution in [0.15, 0.2) is 60.7 Å². The molecule has 106 valence electrons. The van der Waals surface area contributed by atoms with Crippen molar-refractivity contribution in [3.05, 3.63) is 77.6 Å². The number of rotatable bonds is 3. The molecule has 3 aromatic carbocycles. The molecule has 0 saturated heterocycles. The van der Waals surface area contributed by atoms with Crippen molar-refractivity contribution in [3.8, 4) is 5.75 Å². The maximum absolute atomic E-state index is 13.9. The van der Waals surface area contributed by atoms with Gasteiger partial charge in [-0.15, -0.1) is 0 Å². The minimum Gasteiger partial charge on any atom is -0.496 e. The highest BCUT2D eigenvalue weighted by Crippen LogP contribution is 2.39. The Morgan fingerprint density at radius 1 is 0.857 bits per heavy atom. The van der Waals surface area contributed by atoms with Crippen molar-refractivity contribution in [3.63, 3.8) is 0 Å². The first-order chi connectivity index (χ1) is 10.2. The van der Waals surface area contributed by atoms with Gasteiger partial charge < -0.3 is 4.74 Å². The molecule has 0 aliphatic carbocycles. The van der Waals surface area contributed by atoms with Crippen LogP contribution in [0.4, 0.5) is 4.39 Å². The van der Waals surface area contributed by atoms with Crippen LogP contribution in [-0.4, -0.2) is 7.11 Å². The van der Waals surface area contributed by atoms with Gasteiger partial charge in [0.25, 0.3) is 0 Å². The van der Waals surface area contributed by atoms with Crippen molar-refractivity contribution in [2.45, 2.75) is 4.83 Å². The van der Waals surface area contributed by atoms with Crippen molar-refractivity contribution in [1.82, 2.24) is 0 Å². The van der Waals surface area contributed by atoms with E-state index in [9.17, 15) is 4.39 Å². The molecule has 0 aromatic heterocycles. The summed E-state index contributed by atoms with van der Waals surface area (Å²) in [6, 6.07) is 18.7. The average molecular weight is 345 g/mol. The van der Waals surface area contributed by atoms with Crippen LogP contribution in [-0.2, 0) is 0 Å². The summed E-state index contributed by atoms with van der Waals surface area (Å²) in [6.07, 6.45) is 0. The molecule has 0 N–H and O–H groups in total. The minimum atomic E-state index is -0.200. The van der Waals surface area contributed by atoms with Gasteiger partial charge in [0.15, 0.2) is 0 Å². The van der Waals surface area contributed by atoms with E-state index in [1.54, 1.807) is 13.2 Å². The molecule has 3 heteroatoms. The second-order valence-corrected chi connectivity index (χ2v) is 5.70. The van der Waals surface area contributed by atoms with Crippen LogP contribution in [0.3, 0.4) is 0 Å². The van der Waals surface area contributed by atoms with Crippen molar-refractivity contribution in [1.29, 1.82) is 0 Å². The van der Waals surface area contributed by atoms with Gasteiger partial charge in [-0.2, -0.15) is 0 Å². The van der Waals surface area contributed by atoms with Crippen LogP contribution in [0.25, 0.3) is 10.8 Å². The first kappa shape index (κ1) is 14.1. The Balaban J connectivity index is 2.18. The van der Waals surface area contributed by atoms with Gasteiger partial charge in [0.1, 0.15) is 11.6 Å². The summed E-state index contributed by atoms with van der Waals surface area (Å²) in [6.45, 7) is 0. The van der Waals surface area contributed by atoms with Gasteiger partial charge in [-0.1, -0.05) is 64.5 Å². The fourth-order valence-corrected chi connectivity index (χ4v) is 3.33. The summed E-state index contributed by atoms with van der Waals surface area (Å²) in [5, 5.41) is 1.54. The van der Waals surface area contributed by atoms with E-state index in [-0.39, 0.29) is 10.6 Å². The van der Waals surface area contributed by atoms with E-state index in [1.165, 1.54) is 6.07 Å². The first-order valence-corrected chi connectivity index (χ1v) is 7.58. The van der Waals surface area contributed by atoms with Gasteiger partial charge in [0.2, 0.25) is 0 Å². The molecule has 1 atom stereocenters. The molecule has 21 heavy (non-hydrogen) atoms. The molecule has 1 nitrogen and oxygen atoms in total. The van der Waals surface area contributed by atoms with Gasteiger partial charge in [-0.25, -0.2) is 4.39 Å². The van der Waals surface area contributed by atoms with Crippen LogP contribution >= 0.6 is 15.9 Å². The lowest BCUT2D eigenvalue weighted by atomic mass is 9.97. The largest absolute Gasteiger partial charge is 0.496 e. The van der Waals surface area contributed by atoms with Gasteiger partial charge in [0, 0.05) is 10.9 Å². The predicted molar refractivity (Wildman–Crippen MR) is 87.7 cm³/mol. The van der Waals surface area contributed by atoms with Crippen molar-refractivity contribution in [2.75, 3.05) is 7.11 Å². The molecule has 0 aliphatic rings. The average Bonchev–Trinajstić information content (AvgIpc) is 2.55. The number of fused-ring (bicyclic) bond motifs is 1. The molecule has 3 aromatic rings. The van der Waals surface area contributed by atoms with Crippen LogP contribution in [0.5, 0.6) is 5.75 Å². The molecule has 0 radical (unpaired) electrons.